The highest BCUT2D eigenvalue weighted by Gasteiger charge is 2.07. The maximum Gasteiger partial charge on any atom is 0.191 e. The lowest BCUT2D eigenvalue weighted by atomic mass is 10.2. The van der Waals surface area contributed by atoms with Gasteiger partial charge in [-0.1, -0.05) is 37.3 Å². The molecule has 158 valence electrons. The van der Waals surface area contributed by atoms with Crippen LogP contribution in [0.5, 0.6) is 0 Å². The molecule has 1 heterocycles. The van der Waals surface area contributed by atoms with Crippen LogP contribution in [0.4, 0.5) is 5.13 Å². The van der Waals surface area contributed by atoms with Gasteiger partial charge in [0, 0.05) is 26.2 Å². The Bertz CT molecular complexity index is 668. The van der Waals surface area contributed by atoms with Crippen LogP contribution in [0.25, 0.3) is 10.2 Å². The van der Waals surface area contributed by atoms with Crippen LogP contribution >= 0.6 is 35.3 Å². The van der Waals surface area contributed by atoms with E-state index in [0.29, 0.717) is 6.04 Å². The number of aliphatic imine (C=N–C) groups is 1. The highest BCUT2D eigenvalue weighted by Crippen LogP contribution is 2.24. The average Bonchev–Trinajstić information content (AvgIpc) is 3.10. The number of thiazole rings is 1. The fraction of sp³-hybridized carbons (Fsp3) is 0.600. The molecule has 2 rings (SSSR count). The van der Waals surface area contributed by atoms with E-state index >= 15 is 0 Å². The summed E-state index contributed by atoms with van der Waals surface area (Å²) in [5, 5.41) is 11.2. The number of fused-ring (bicyclic) bond motifs is 1. The van der Waals surface area contributed by atoms with Crippen molar-refractivity contribution in [2.24, 2.45) is 4.99 Å². The minimum atomic E-state index is 0. The van der Waals surface area contributed by atoms with Crippen LogP contribution in [0.3, 0.4) is 0 Å². The van der Waals surface area contributed by atoms with E-state index in [2.05, 4.69) is 57.7 Å². The van der Waals surface area contributed by atoms with Gasteiger partial charge in [-0.2, -0.15) is 0 Å². The van der Waals surface area contributed by atoms with Crippen molar-refractivity contribution in [3.63, 3.8) is 0 Å². The molecule has 0 spiro atoms. The first-order chi connectivity index (χ1) is 13.2. The molecule has 1 aromatic heterocycles. The zero-order chi connectivity index (χ0) is 19.5. The van der Waals surface area contributed by atoms with Gasteiger partial charge in [-0.05, 0) is 51.5 Å². The second-order valence-electron chi connectivity index (χ2n) is 6.63. The summed E-state index contributed by atoms with van der Waals surface area (Å²) in [4.78, 5) is 11.4. The minimum Gasteiger partial charge on any atom is -0.360 e. The summed E-state index contributed by atoms with van der Waals surface area (Å²) in [7, 11) is 1.82. The molecule has 0 aliphatic rings. The topological polar surface area (TPSA) is 64.6 Å². The van der Waals surface area contributed by atoms with Crippen LogP contribution in [-0.2, 0) is 0 Å². The van der Waals surface area contributed by atoms with E-state index in [9.17, 15) is 0 Å². The van der Waals surface area contributed by atoms with Gasteiger partial charge in [0.2, 0.25) is 0 Å². The SMILES string of the molecule is CCN(CC)CCCC(C)NC(=NC)NCCNc1nc2ccccc2s1.I. The van der Waals surface area contributed by atoms with E-state index in [4.69, 9.17) is 0 Å². The van der Waals surface area contributed by atoms with E-state index in [1.807, 2.05) is 25.2 Å². The Morgan fingerprint density at radius 3 is 2.64 bits per heavy atom. The van der Waals surface area contributed by atoms with Gasteiger partial charge >= 0.3 is 0 Å². The van der Waals surface area contributed by atoms with E-state index in [-0.39, 0.29) is 24.0 Å². The Morgan fingerprint density at radius 2 is 1.96 bits per heavy atom. The van der Waals surface area contributed by atoms with Gasteiger partial charge in [-0.15, -0.1) is 24.0 Å². The van der Waals surface area contributed by atoms with Crippen LogP contribution in [-0.4, -0.2) is 61.7 Å². The van der Waals surface area contributed by atoms with Gasteiger partial charge in [-0.3, -0.25) is 4.99 Å². The first-order valence-electron chi connectivity index (χ1n) is 9.95. The number of aromatic nitrogens is 1. The highest BCUT2D eigenvalue weighted by molar-refractivity contribution is 14.0. The number of halogens is 1. The van der Waals surface area contributed by atoms with Gasteiger partial charge in [0.15, 0.2) is 11.1 Å². The number of para-hydroxylation sites is 1. The third-order valence-electron chi connectivity index (χ3n) is 4.60. The van der Waals surface area contributed by atoms with E-state index < -0.39 is 0 Å². The lowest BCUT2D eigenvalue weighted by Gasteiger charge is -2.21. The molecule has 0 saturated carbocycles. The lowest BCUT2D eigenvalue weighted by Crippen LogP contribution is -2.43. The molecular weight excluding hydrogens is 483 g/mol. The van der Waals surface area contributed by atoms with Gasteiger partial charge < -0.3 is 20.9 Å². The van der Waals surface area contributed by atoms with Crippen molar-refractivity contribution in [2.45, 2.75) is 39.7 Å². The zero-order valence-electron chi connectivity index (χ0n) is 17.5. The summed E-state index contributed by atoms with van der Waals surface area (Å²) in [6.45, 7) is 11.7. The number of nitrogens with one attached hydrogen (secondary N) is 3. The summed E-state index contributed by atoms with van der Waals surface area (Å²) < 4.78 is 1.21. The highest BCUT2D eigenvalue weighted by atomic mass is 127. The summed E-state index contributed by atoms with van der Waals surface area (Å²) >= 11 is 1.69. The quantitative estimate of drug-likeness (QED) is 0.182. The molecule has 0 aliphatic carbocycles. The fourth-order valence-electron chi connectivity index (χ4n) is 2.96. The fourth-order valence-corrected chi connectivity index (χ4v) is 3.85. The van der Waals surface area contributed by atoms with E-state index in [1.54, 1.807) is 11.3 Å². The predicted octanol–water partition coefficient (Wildman–Crippen LogP) is 4.00. The lowest BCUT2D eigenvalue weighted by molar-refractivity contribution is 0.292. The molecule has 0 radical (unpaired) electrons. The standard InChI is InChI=1S/C20H34N6S.HI/c1-5-26(6-2)15-9-10-16(3)24-19(21-4)22-13-14-23-20-25-17-11-7-8-12-18(17)27-20;/h7-8,11-12,16H,5-6,9-10,13-15H2,1-4H3,(H,23,25)(H2,21,22,24);1H. The number of benzene rings is 1. The van der Waals surface area contributed by atoms with Gasteiger partial charge in [-0.25, -0.2) is 4.98 Å². The molecule has 0 fully saturated rings. The number of guanidine groups is 1. The smallest absolute Gasteiger partial charge is 0.191 e. The second kappa shape index (κ2) is 13.9. The maximum absolute atomic E-state index is 4.59. The van der Waals surface area contributed by atoms with Crippen molar-refractivity contribution >= 4 is 56.6 Å². The zero-order valence-corrected chi connectivity index (χ0v) is 20.6. The molecular formula is C20H35IN6S. The molecule has 28 heavy (non-hydrogen) atoms. The number of hydrogen-bond acceptors (Lipinski definition) is 5. The van der Waals surface area contributed by atoms with Crippen LogP contribution < -0.4 is 16.0 Å². The summed E-state index contributed by atoms with van der Waals surface area (Å²) in [6.07, 6.45) is 2.34. The van der Waals surface area contributed by atoms with Gasteiger partial charge in [0.25, 0.3) is 0 Å². The molecule has 2 aromatic rings. The summed E-state index contributed by atoms with van der Waals surface area (Å²) in [5.41, 5.74) is 1.05. The molecule has 0 aliphatic heterocycles. The van der Waals surface area contributed by atoms with E-state index in [1.165, 1.54) is 11.1 Å². The number of nitrogens with zero attached hydrogens (tertiary/aromatic N) is 3. The minimum absolute atomic E-state index is 0. The largest absolute Gasteiger partial charge is 0.360 e. The molecule has 1 atom stereocenters. The van der Waals surface area contributed by atoms with Gasteiger partial charge in [0.1, 0.15) is 0 Å². The van der Waals surface area contributed by atoms with Crippen molar-refractivity contribution in [1.82, 2.24) is 20.5 Å². The molecule has 3 N–H and O–H groups in total. The number of hydrogen-bond donors (Lipinski definition) is 3. The third-order valence-corrected chi connectivity index (χ3v) is 5.59. The number of anilines is 1. The van der Waals surface area contributed by atoms with Crippen LogP contribution in [0.2, 0.25) is 0 Å². The first kappa shape index (κ1) is 24.9. The Morgan fingerprint density at radius 1 is 1.21 bits per heavy atom. The van der Waals surface area contributed by atoms with Crippen molar-refractivity contribution in [3.05, 3.63) is 24.3 Å². The van der Waals surface area contributed by atoms with Crippen molar-refractivity contribution in [3.8, 4) is 0 Å². The summed E-state index contributed by atoms with van der Waals surface area (Å²) in [6, 6.07) is 8.62. The Labute approximate surface area is 190 Å². The second-order valence-corrected chi connectivity index (χ2v) is 7.66. The Hall–Kier alpha value is -1.13. The summed E-state index contributed by atoms with van der Waals surface area (Å²) in [5.74, 6) is 0.858. The monoisotopic (exact) mass is 518 g/mol. The molecule has 0 amide bonds. The van der Waals surface area contributed by atoms with Crippen LogP contribution in [0, 0.1) is 0 Å². The van der Waals surface area contributed by atoms with E-state index in [0.717, 1.165) is 55.8 Å². The van der Waals surface area contributed by atoms with Crippen molar-refractivity contribution in [2.75, 3.05) is 45.1 Å². The third kappa shape index (κ3) is 8.48. The maximum atomic E-state index is 4.59. The Balaban J connectivity index is 0.00000392. The average molecular weight is 519 g/mol. The van der Waals surface area contributed by atoms with Crippen molar-refractivity contribution < 1.29 is 0 Å². The normalized spacial score (nSPS) is 12.7. The number of rotatable bonds is 11. The Kier molecular flexibility index (Phi) is 12.4. The molecule has 6 nitrogen and oxygen atoms in total. The molecule has 8 heteroatoms. The molecule has 1 aromatic carbocycles. The first-order valence-corrected chi connectivity index (χ1v) is 10.8. The van der Waals surface area contributed by atoms with Crippen molar-refractivity contribution in [1.29, 1.82) is 0 Å². The molecule has 1 unspecified atom stereocenters. The van der Waals surface area contributed by atoms with Crippen LogP contribution in [0.15, 0.2) is 29.3 Å². The van der Waals surface area contributed by atoms with Crippen LogP contribution in [0.1, 0.15) is 33.6 Å². The van der Waals surface area contributed by atoms with Gasteiger partial charge in [0.05, 0.1) is 10.2 Å². The predicted molar refractivity (Wildman–Crippen MR) is 135 cm³/mol. The molecule has 0 bridgehead atoms. The molecule has 0 saturated heterocycles.